The molecular weight excluding hydrogens is 344 g/mol. The number of rotatable bonds is 3. The summed E-state index contributed by atoms with van der Waals surface area (Å²) in [4.78, 5) is 25.3. The van der Waals surface area contributed by atoms with Crippen molar-refractivity contribution < 1.29 is 18.7 Å². The van der Waals surface area contributed by atoms with E-state index in [0.717, 1.165) is 12.3 Å². The van der Waals surface area contributed by atoms with Crippen LogP contribution in [0.2, 0.25) is 0 Å². The normalized spacial score (nSPS) is 27.0. The maximum absolute atomic E-state index is 15.3. The maximum Gasteiger partial charge on any atom is 0.341 e. The van der Waals surface area contributed by atoms with Crippen LogP contribution < -0.4 is 15.6 Å². The second kappa shape index (κ2) is 5.03. The maximum atomic E-state index is 15.3. The minimum Gasteiger partial charge on any atom is -0.477 e. The number of hydrogen-bond acceptors (Lipinski definition) is 4. The highest BCUT2D eigenvalue weighted by Crippen LogP contribution is 2.47. The summed E-state index contributed by atoms with van der Waals surface area (Å²) in [5, 5.41) is 12.3. The Hall–Kier alpha value is -2.48. The van der Waals surface area contributed by atoms with Crippen molar-refractivity contribution in [1.29, 1.82) is 0 Å². The van der Waals surface area contributed by atoms with Gasteiger partial charge < -0.3 is 14.6 Å². The lowest BCUT2D eigenvalue weighted by atomic mass is 10.0. The average molecular weight is 363 g/mol. The van der Waals surface area contributed by atoms with Gasteiger partial charge in [-0.1, -0.05) is 0 Å². The van der Waals surface area contributed by atoms with E-state index < -0.39 is 28.6 Å². The van der Waals surface area contributed by atoms with Gasteiger partial charge in [0.1, 0.15) is 17.1 Å². The molecule has 4 rings (SSSR count). The van der Waals surface area contributed by atoms with Crippen molar-refractivity contribution in [3.8, 4) is 0 Å². The highest BCUT2D eigenvalue weighted by Gasteiger charge is 2.66. The van der Waals surface area contributed by atoms with Gasteiger partial charge in [-0.2, -0.15) is 0 Å². The molecule has 2 aliphatic rings. The Morgan fingerprint density at radius 3 is 2.46 bits per heavy atom. The van der Waals surface area contributed by atoms with Crippen LogP contribution in [0.1, 0.15) is 31.1 Å². The molecule has 6 nitrogen and oxygen atoms in total. The monoisotopic (exact) mass is 363 g/mol. The van der Waals surface area contributed by atoms with Crippen molar-refractivity contribution in [3.63, 3.8) is 0 Å². The van der Waals surface area contributed by atoms with Gasteiger partial charge in [-0.3, -0.25) is 10.1 Å². The molecule has 8 heteroatoms. The predicted octanol–water partition coefficient (Wildman–Crippen LogP) is 1.94. The molecule has 2 fully saturated rings. The number of pyridine rings is 1. The van der Waals surface area contributed by atoms with E-state index in [1.54, 1.807) is 11.8 Å². The van der Waals surface area contributed by atoms with E-state index in [4.69, 9.17) is 0 Å². The lowest BCUT2D eigenvalue weighted by molar-refractivity contribution is 0.0695. The molecule has 2 aliphatic heterocycles. The van der Waals surface area contributed by atoms with E-state index >= 15 is 4.39 Å². The zero-order chi connectivity index (χ0) is 19.0. The molecule has 138 valence electrons. The van der Waals surface area contributed by atoms with Crippen LogP contribution in [0, 0.1) is 11.6 Å². The molecule has 0 amide bonds. The van der Waals surface area contributed by atoms with E-state index in [2.05, 4.69) is 5.32 Å². The smallest absolute Gasteiger partial charge is 0.341 e. The van der Waals surface area contributed by atoms with Gasteiger partial charge in [0.2, 0.25) is 5.43 Å². The number of anilines is 1. The van der Waals surface area contributed by atoms with Crippen LogP contribution in [0.15, 0.2) is 17.1 Å². The molecule has 1 aromatic carbocycles. The minimum atomic E-state index is -1.42. The quantitative estimate of drug-likeness (QED) is 0.814. The second-order valence-electron chi connectivity index (χ2n) is 7.53. The number of benzene rings is 1. The van der Waals surface area contributed by atoms with Crippen LogP contribution in [0.3, 0.4) is 0 Å². The van der Waals surface area contributed by atoms with Gasteiger partial charge in [-0.15, -0.1) is 0 Å². The minimum absolute atomic E-state index is 0.0669. The van der Waals surface area contributed by atoms with E-state index in [-0.39, 0.29) is 34.2 Å². The predicted molar refractivity (Wildman–Crippen MR) is 92.9 cm³/mol. The largest absolute Gasteiger partial charge is 0.477 e. The molecule has 0 radical (unpaired) electrons. The van der Waals surface area contributed by atoms with Crippen molar-refractivity contribution in [3.05, 3.63) is 39.7 Å². The van der Waals surface area contributed by atoms with Crippen molar-refractivity contribution >= 4 is 22.6 Å². The third-order valence-corrected chi connectivity index (χ3v) is 5.84. The van der Waals surface area contributed by atoms with E-state index in [0.29, 0.717) is 13.1 Å². The number of aromatic carboxylic acids is 1. The average Bonchev–Trinajstić information content (AvgIpc) is 2.96. The van der Waals surface area contributed by atoms with E-state index in [9.17, 15) is 19.1 Å². The number of aromatic nitrogens is 1. The first-order valence-corrected chi connectivity index (χ1v) is 8.44. The number of hydrogen-bond donors (Lipinski definition) is 2. The summed E-state index contributed by atoms with van der Waals surface area (Å²) in [6, 6.07) is 0.955. The Morgan fingerprint density at radius 2 is 1.92 bits per heavy atom. The van der Waals surface area contributed by atoms with Gasteiger partial charge in [-0.25, -0.2) is 13.6 Å². The zero-order valence-corrected chi connectivity index (χ0v) is 14.7. The number of aryl methyl sites for hydroxylation is 1. The summed E-state index contributed by atoms with van der Waals surface area (Å²) in [6.45, 7) is 6.86. The molecular formula is C18H19F2N3O3. The summed E-state index contributed by atoms with van der Waals surface area (Å²) in [7, 11) is 0. The highest BCUT2D eigenvalue weighted by atomic mass is 19.1. The fourth-order valence-electron chi connectivity index (χ4n) is 4.15. The summed E-state index contributed by atoms with van der Waals surface area (Å²) >= 11 is 0. The van der Waals surface area contributed by atoms with Gasteiger partial charge in [0, 0.05) is 25.8 Å². The van der Waals surface area contributed by atoms with Gasteiger partial charge in [0.05, 0.1) is 22.0 Å². The van der Waals surface area contributed by atoms with Crippen molar-refractivity contribution in [2.24, 2.45) is 0 Å². The zero-order valence-electron chi connectivity index (χ0n) is 14.7. The number of carboxylic acids is 1. The van der Waals surface area contributed by atoms with Gasteiger partial charge in [0.15, 0.2) is 5.82 Å². The number of carboxylic acid groups (broad SMARTS) is 1. The van der Waals surface area contributed by atoms with E-state index in [1.165, 1.54) is 4.57 Å². The Balaban J connectivity index is 1.96. The molecule has 0 bridgehead atoms. The molecule has 26 heavy (non-hydrogen) atoms. The number of piperazine rings is 1. The third-order valence-electron chi connectivity index (χ3n) is 5.84. The lowest BCUT2D eigenvalue weighted by Crippen LogP contribution is -2.33. The fraction of sp³-hybridized carbons (Fsp3) is 0.444. The highest BCUT2D eigenvalue weighted by molar-refractivity contribution is 5.94. The molecule has 2 N–H and O–H groups in total. The Morgan fingerprint density at radius 1 is 1.31 bits per heavy atom. The van der Waals surface area contributed by atoms with E-state index in [1.807, 2.05) is 13.8 Å². The number of nitrogens with one attached hydrogen (secondary N) is 1. The number of halogens is 2. The third kappa shape index (κ3) is 2.05. The molecule has 2 saturated heterocycles. The molecule has 1 aromatic heterocycles. The van der Waals surface area contributed by atoms with Gasteiger partial charge in [0.25, 0.3) is 0 Å². The molecule has 0 aliphatic carbocycles. The van der Waals surface area contributed by atoms with Crippen LogP contribution in [0.25, 0.3) is 10.9 Å². The second-order valence-corrected chi connectivity index (χ2v) is 7.53. The lowest BCUT2D eigenvalue weighted by Gasteiger charge is -2.25. The summed E-state index contributed by atoms with van der Waals surface area (Å²) in [5.41, 5.74) is -2.01. The Labute approximate surface area is 148 Å². The van der Waals surface area contributed by atoms with Crippen molar-refractivity contribution in [2.75, 3.05) is 18.0 Å². The standard InChI is InChI=1S/C18H19F2N3O3/c1-4-22-6-10(16(25)26)15(24)9-5-11(19)14(12(20)13(9)22)23-7-17(2)18(3,8-23)21-17/h5-6,21H,4,7-8H2,1-3H3,(H,25,26). The summed E-state index contributed by atoms with van der Waals surface area (Å²) < 4.78 is 31.4. The number of nitrogens with zero attached hydrogens (tertiary/aromatic N) is 2. The SMILES string of the molecule is CCn1cc(C(=O)O)c(=O)c2cc(F)c(N3CC4(C)NC4(C)C3)c(F)c21. The van der Waals surface area contributed by atoms with Crippen LogP contribution >= 0.6 is 0 Å². The van der Waals surface area contributed by atoms with Crippen molar-refractivity contribution in [1.82, 2.24) is 9.88 Å². The number of carbonyl (C=O) groups is 1. The van der Waals surface area contributed by atoms with Crippen molar-refractivity contribution in [2.45, 2.75) is 38.4 Å². The first-order valence-electron chi connectivity index (χ1n) is 8.44. The number of fused-ring (bicyclic) bond motifs is 2. The molecule has 2 unspecified atom stereocenters. The first kappa shape index (κ1) is 17.0. The van der Waals surface area contributed by atoms with Crippen LogP contribution in [0.4, 0.5) is 14.5 Å². The summed E-state index contributed by atoms with van der Waals surface area (Å²) in [5.74, 6) is -3.11. The first-order chi connectivity index (χ1) is 12.1. The van der Waals surface area contributed by atoms with Crippen LogP contribution in [-0.2, 0) is 6.54 Å². The van der Waals surface area contributed by atoms with Crippen LogP contribution in [0.5, 0.6) is 0 Å². The molecule has 2 aromatic rings. The molecule has 3 heterocycles. The molecule has 2 atom stereocenters. The molecule has 0 spiro atoms. The Kier molecular flexibility index (Phi) is 3.28. The molecule has 0 saturated carbocycles. The van der Waals surface area contributed by atoms with Gasteiger partial charge >= 0.3 is 5.97 Å². The van der Waals surface area contributed by atoms with Gasteiger partial charge in [-0.05, 0) is 26.8 Å². The fourth-order valence-corrected chi connectivity index (χ4v) is 4.15. The topological polar surface area (TPSA) is 84.5 Å². The summed E-state index contributed by atoms with van der Waals surface area (Å²) in [6.07, 6.45) is 1.11. The van der Waals surface area contributed by atoms with Crippen LogP contribution in [-0.4, -0.2) is 39.8 Å². The Bertz CT molecular complexity index is 1020.